The Morgan fingerprint density at radius 3 is 2.31 bits per heavy atom. The lowest BCUT2D eigenvalue weighted by atomic mass is 9.89. The van der Waals surface area contributed by atoms with Crippen molar-refractivity contribution in [3.63, 3.8) is 0 Å². The number of alkyl halides is 3. The fraction of sp³-hybridized carbons (Fsp3) is 0.571. The lowest BCUT2D eigenvalue weighted by molar-refractivity contribution is 0.109. The molecule has 1 atom stereocenters. The number of rotatable bonds is 4. The van der Waals surface area contributed by atoms with Crippen molar-refractivity contribution < 1.29 is 13.9 Å². The number of nitrogens with zero attached hydrogens (tertiary/aromatic N) is 2. The molecule has 8 heteroatoms. The van der Waals surface area contributed by atoms with Crippen LogP contribution in [0.5, 0.6) is 0 Å². The lowest BCUT2D eigenvalue weighted by Gasteiger charge is -2.33. The molecule has 0 radical (unpaired) electrons. The molecule has 0 N–H and O–H groups in total. The number of piperidine rings is 1. The minimum absolute atomic E-state index is 0.186. The van der Waals surface area contributed by atoms with Crippen LogP contribution in [0.25, 0.3) is 0 Å². The lowest BCUT2D eigenvalue weighted by Crippen LogP contribution is -2.38. The Morgan fingerprint density at radius 2 is 1.72 bits per heavy atom. The standard InChI is InChI=1S/C19H24Cl3FN2O2.C2H4/c20-19(21,22)13-27-18(26)25-10-5-14(12-25)11-24-8-6-16(7-9-24)15-1-3-17(23)4-2-15;1-2/h1-4,14,16H,5-13H2;1-2H2/t14-;/m1./s1. The molecule has 162 valence electrons. The van der Waals surface area contributed by atoms with Crippen LogP contribution in [0.3, 0.4) is 0 Å². The van der Waals surface area contributed by atoms with Gasteiger partial charge in [-0.05, 0) is 61.9 Å². The van der Waals surface area contributed by atoms with Crippen molar-refractivity contribution in [2.24, 2.45) is 5.92 Å². The van der Waals surface area contributed by atoms with E-state index in [4.69, 9.17) is 39.5 Å². The zero-order chi connectivity index (χ0) is 21.4. The van der Waals surface area contributed by atoms with E-state index < -0.39 is 9.89 Å². The highest BCUT2D eigenvalue weighted by Crippen LogP contribution is 2.30. The Labute approximate surface area is 187 Å². The van der Waals surface area contributed by atoms with Gasteiger partial charge in [0.15, 0.2) is 0 Å². The molecule has 2 heterocycles. The third-order valence-corrected chi connectivity index (χ3v) is 5.68. The van der Waals surface area contributed by atoms with Crippen LogP contribution < -0.4 is 0 Å². The molecule has 0 aliphatic carbocycles. The average molecular weight is 466 g/mol. The predicted molar refractivity (Wildman–Crippen MR) is 117 cm³/mol. The highest BCUT2D eigenvalue weighted by molar-refractivity contribution is 6.67. The molecule has 2 fully saturated rings. The van der Waals surface area contributed by atoms with Crippen LogP contribution in [0.4, 0.5) is 9.18 Å². The average Bonchev–Trinajstić information content (AvgIpc) is 3.17. The van der Waals surface area contributed by atoms with Crippen molar-refractivity contribution in [2.75, 3.05) is 39.3 Å². The summed E-state index contributed by atoms with van der Waals surface area (Å²) in [5, 5.41) is 0. The van der Waals surface area contributed by atoms with Gasteiger partial charge in [0, 0.05) is 19.6 Å². The first-order chi connectivity index (χ1) is 13.8. The maximum atomic E-state index is 13.1. The van der Waals surface area contributed by atoms with E-state index in [0.29, 0.717) is 24.9 Å². The summed E-state index contributed by atoms with van der Waals surface area (Å²) in [6.07, 6.45) is 2.69. The van der Waals surface area contributed by atoms with Crippen LogP contribution in [0.15, 0.2) is 37.4 Å². The third-order valence-electron chi connectivity index (χ3n) is 5.35. The summed E-state index contributed by atoms with van der Waals surface area (Å²) < 4.78 is 16.5. The minimum atomic E-state index is -1.58. The maximum Gasteiger partial charge on any atom is 0.409 e. The maximum absolute atomic E-state index is 13.1. The summed E-state index contributed by atoms with van der Waals surface area (Å²) in [6.45, 7) is 10.1. The van der Waals surface area contributed by atoms with E-state index in [9.17, 15) is 9.18 Å². The number of carbonyl (C=O) groups excluding carboxylic acids is 1. The summed E-state index contributed by atoms with van der Waals surface area (Å²) in [5.74, 6) is 0.751. The van der Waals surface area contributed by atoms with Gasteiger partial charge in [0.05, 0.1) is 0 Å². The van der Waals surface area contributed by atoms with Crippen molar-refractivity contribution in [1.29, 1.82) is 0 Å². The highest BCUT2D eigenvalue weighted by Gasteiger charge is 2.31. The second kappa shape index (κ2) is 11.4. The van der Waals surface area contributed by atoms with Crippen molar-refractivity contribution >= 4 is 40.9 Å². The Balaban J connectivity index is 0.00000145. The Kier molecular flexibility index (Phi) is 9.54. The first-order valence-electron chi connectivity index (χ1n) is 9.76. The van der Waals surface area contributed by atoms with Crippen LogP contribution in [-0.4, -0.2) is 59.0 Å². The number of carbonyl (C=O) groups is 1. The SMILES string of the molecule is C=C.O=C(OCC(Cl)(Cl)Cl)N1CC[C@H](CN2CCC(c3ccc(F)cc3)CC2)C1. The van der Waals surface area contributed by atoms with Gasteiger partial charge in [0.1, 0.15) is 12.4 Å². The van der Waals surface area contributed by atoms with Gasteiger partial charge in [0.2, 0.25) is 3.79 Å². The van der Waals surface area contributed by atoms with E-state index >= 15 is 0 Å². The van der Waals surface area contributed by atoms with Gasteiger partial charge in [-0.2, -0.15) is 0 Å². The van der Waals surface area contributed by atoms with Crippen LogP contribution >= 0.6 is 34.8 Å². The van der Waals surface area contributed by atoms with Gasteiger partial charge in [-0.1, -0.05) is 46.9 Å². The van der Waals surface area contributed by atoms with Gasteiger partial charge >= 0.3 is 6.09 Å². The smallest absolute Gasteiger partial charge is 0.409 e. The van der Waals surface area contributed by atoms with Crippen molar-refractivity contribution in [2.45, 2.75) is 29.0 Å². The van der Waals surface area contributed by atoms with Gasteiger partial charge in [-0.3, -0.25) is 0 Å². The van der Waals surface area contributed by atoms with Crippen LogP contribution in [0.2, 0.25) is 0 Å². The van der Waals surface area contributed by atoms with E-state index in [0.717, 1.165) is 38.9 Å². The Hall–Kier alpha value is -1.01. The molecule has 0 aromatic heterocycles. The van der Waals surface area contributed by atoms with Crippen molar-refractivity contribution in [1.82, 2.24) is 9.80 Å². The van der Waals surface area contributed by atoms with Crippen molar-refractivity contribution in [3.05, 3.63) is 48.8 Å². The van der Waals surface area contributed by atoms with Gasteiger partial charge in [0.25, 0.3) is 0 Å². The van der Waals surface area contributed by atoms with Gasteiger partial charge in [-0.15, -0.1) is 13.2 Å². The van der Waals surface area contributed by atoms with E-state index in [1.807, 2.05) is 12.1 Å². The third kappa shape index (κ3) is 7.97. The molecular weight excluding hydrogens is 438 g/mol. The summed E-state index contributed by atoms with van der Waals surface area (Å²) in [5.41, 5.74) is 1.22. The van der Waals surface area contributed by atoms with E-state index in [2.05, 4.69) is 18.1 Å². The normalized spacial score (nSPS) is 20.8. The molecule has 2 aliphatic heterocycles. The zero-order valence-electron chi connectivity index (χ0n) is 16.5. The number of halogens is 4. The second-order valence-corrected chi connectivity index (χ2v) is 9.91. The van der Waals surface area contributed by atoms with Crippen LogP contribution in [0, 0.1) is 11.7 Å². The summed E-state index contributed by atoms with van der Waals surface area (Å²) >= 11 is 16.8. The zero-order valence-corrected chi connectivity index (χ0v) is 18.7. The monoisotopic (exact) mass is 464 g/mol. The fourth-order valence-corrected chi connectivity index (χ4v) is 4.09. The molecule has 3 rings (SSSR count). The summed E-state index contributed by atoms with van der Waals surface area (Å²) in [7, 11) is 0. The molecule has 29 heavy (non-hydrogen) atoms. The fourth-order valence-electron chi connectivity index (χ4n) is 3.93. The topological polar surface area (TPSA) is 32.8 Å². The van der Waals surface area contributed by atoms with Crippen LogP contribution in [0.1, 0.15) is 30.7 Å². The first-order valence-corrected chi connectivity index (χ1v) is 10.9. The number of hydrogen-bond donors (Lipinski definition) is 0. The number of amides is 1. The molecule has 2 saturated heterocycles. The molecule has 4 nitrogen and oxygen atoms in total. The van der Waals surface area contributed by atoms with Gasteiger partial charge in [-0.25, -0.2) is 9.18 Å². The van der Waals surface area contributed by atoms with E-state index in [1.165, 1.54) is 17.7 Å². The Morgan fingerprint density at radius 1 is 1.10 bits per heavy atom. The van der Waals surface area contributed by atoms with E-state index in [-0.39, 0.29) is 12.4 Å². The first kappa shape index (κ1) is 24.3. The number of benzene rings is 1. The molecule has 0 bridgehead atoms. The molecular formula is C21H28Cl3FN2O2. The highest BCUT2D eigenvalue weighted by atomic mass is 35.6. The number of likely N-dealkylation sites (tertiary alicyclic amines) is 2. The quantitative estimate of drug-likeness (QED) is 0.426. The largest absolute Gasteiger partial charge is 0.445 e. The minimum Gasteiger partial charge on any atom is -0.445 e. The molecule has 1 aromatic rings. The van der Waals surface area contributed by atoms with Crippen molar-refractivity contribution in [3.8, 4) is 0 Å². The summed E-state index contributed by atoms with van der Waals surface area (Å²) in [6, 6.07) is 6.87. The second-order valence-electron chi connectivity index (χ2n) is 7.40. The molecule has 1 amide bonds. The van der Waals surface area contributed by atoms with Gasteiger partial charge < -0.3 is 14.5 Å². The molecule has 1 aromatic carbocycles. The molecule has 0 saturated carbocycles. The summed E-state index contributed by atoms with van der Waals surface area (Å²) in [4.78, 5) is 16.2. The predicted octanol–water partition coefficient (Wildman–Crippen LogP) is 5.64. The molecule has 2 aliphatic rings. The molecule has 0 spiro atoms. The Bertz CT molecular complexity index is 646. The van der Waals surface area contributed by atoms with Crippen LogP contribution in [-0.2, 0) is 4.74 Å². The number of ether oxygens (including phenoxy) is 1. The van der Waals surface area contributed by atoms with E-state index in [1.54, 1.807) is 4.90 Å². The number of hydrogen-bond acceptors (Lipinski definition) is 3. The molecule has 0 unspecified atom stereocenters.